The molecule has 0 spiro atoms. The van der Waals surface area contributed by atoms with Crippen LogP contribution in [0.3, 0.4) is 0 Å². The molecule has 1 saturated carbocycles. The minimum Gasteiger partial charge on any atom is -0.497 e. The number of benzene rings is 1. The van der Waals surface area contributed by atoms with Crippen LogP contribution in [0.15, 0.2) is 30.4 Å². The number of aryl methyl sites for hydroxylation is 1. The summed E-state index contributed by atoms with van der Waals surface area (Å²) in [6.07, 6.45) is 6.17. The van der Waals surface area contributed by atoms with E-state index in [-0.39, 0.29) is 24.4 Å². The highest BCUT2D eigenvalue weighted by Gasteiger charge is 2.71. The van der Waals surface area contributed by atoms with E-state index in [4.69, 9.17) is 18.9 Å². The van der Waals surface area contributed by atoms with Crippen LogP contribution in [0.2, 0.25) is 0 Å². The molecule has 28 heavy (non-hydrogen) atoms. The second-order valence-electron chi connectivity index (χ2n) is 7.76. The van der Waals surface area contributed by atoms with Gasteiger partial charge in [0.2, 0.25) is 0 Å². The maximum Gasteiger partial charge on any atom is 0.326 e. The lowest BCUT2D eigenvalue weighted by atomic mass is 9.55. The predicted molar refractivity (Wildman–Crippen MR) is 101 cm³/mol. The summed E-state index contributed by atoms with van der Waals surface area (Å²) in [6, 6.07) is 6.12. The van der Waals surface area contributed by atoms with Gasteiger partial charge in [0.1, 0.15) is 18.1 Å². The number of fused-ring (bicyclic) bond motifs is 5. The fourth-order valence-corrected chi connectivity index (χ4v) is 5.58. The topological polar surface area (TPSA) is 71.1 Å². The number of rotatable bonds is 5. The molecule has 3 aliphatic carbocycles. The first-order chi connectivity index (χ1) is 13.5. The molecule has 1 fully saturated rings. The van der Waals surface area contributed by atoms with Gasteiger partial charge >= 0.3 is 5.97 Å². The van der Waals surface area contributed by atoms with Gasteiger partial charge in [0.05, 0.1) is 14.2 Å². The first-order valence-electron chi connectivity index (χ1n) is 9.65. The van der Waals surface area contributed by atoms with Crippen LogP contribution in [0.25, 0.3) is 0 Å². The number of methoxy groups -OCH3 is 3. The molecule has 4 atom stereocenters. The molecule has 0 N–H and O–H groups in total. The molecule has 0 saturated heterocycles. The summed E-state index contributed by atoms with van der Waals surface area (Å²) >= 11 is 0. The van der Waals surface area contributed by atoms with Crippen LogP contribution in [0.1, 0.15) is 36.3 Å². The standard InChI is InChI=1S/C22H26O6/c1-25-13-28-22-11-9-19(23)21(22,20(24)27-3)10-8-17-16-6-5-15(26-2)12-14(16)4-7-18(17)22/h5-6,8,10,12,17-18H,4,7,9,11,13H2,1-3H3/t17?,18-,21-,22+/m1/s1. The third kappa shape index (κ3) is 2.40. The van der Waals surface area contributed by atoms with Crippen LogP contribution < -0.4 is 4.74 Å². The minimum absolute atomic E-state index is 0.0147. The zero-order valence-electron chi connectivity index (χ0n) is 16.5. The fraction of sp³-hybridized carbons (Fsp3) is 0.545. The normalized spacial score (nSPS) is 33.0. The number of hydrogen-bond donors (Lipinski definition) is 0. The van der Waals surface area contributed by atoms with Crippen molar-refractivity contribution in [3.63, 3.8) is 0 Å². The van der Waals surface area contributed by atoms with Gasteiger partial charge in [-0.25, -0.2) is 0 Å². The molecule has 1 aromatic rings. The third-order valence-corrected chi connectivity index (χ3v) is 6.79. The number of ether oxygens (including phenoxy) is 4. The SMILES string of the molecule is COCO[C@]12CCC(=O)[C@@]1(C(=O)OC)C=CC1c3ccc(OC)cc3CC[C@H]12. The zero-order valence-corrected chi connectivity index (χ0v) is 16.5. The highest BCUT2D eigenvalue weighted by molar-refractivity contribution is 6.09. The van der Waals surface area contributed by atoms with Crippen LogP contribution in [0, 0.1) is 11.3 Å². The average Bonchev–Trinajstić information content (AvgIpc) is 3.04. The molecule has 150 valence electrons. The second kappa shape index (κ2) is 7.01. The molecule has 0 radical (unpaired) electrons. The minimum atomic E-state index is -1.40. The quantitative estimate of drug-likeness (QED) is 0.335. The molecule has 3 aliphatic rings. The Labute approximate surface area is 164 Å². The van der Waals surface area contributed by atoms with Crippen LogP contribution in [0.4, 0.5) is 0 Å². The van der Waals surface area contributed by atoms with E-state index >= 15 is 0 Å². The van der Waals surface area contributed by atoms with Crippen molar-refractivity contribution in [2.45, 2.75) is 37.2 Å². The van der Waals surface area contributed by atoms with E-state index in [1.807, 2.05) is 12.1 Å². The Morgan fingerprint density at radius 1 is 1.21 bits per heavy atom. The van der Waals surface area contributed by atoms with Gasteiger partial charge in [-0.1, -0.05) is 18.2 Å². The van der Waals surface area contributed by atoms with Gasteiger partial charge in [-0.2, -0.15) is 0 Å². The summed E-state index contributed by atoms with van der Waals surface area (Å²) in [5.74, 6) is 0.212. The number of allylic oxidation sites excluding steroid dienone is 1. The first kappa shape index (κ1) is 19.2. The van der Waals surface area contributed by atoms with Crippen molar-refractivity contribution in [1.82, 2.24) is 0 Å². The van der Waals surface area contributed by atoms with Gasteiger partial charge in [0.25, 0.3) is 0 Å². The number of carbonyl (C=O) groups is 2. The van der Waals surface area contributed by atoms with E-state index in [1.165, 1.54) is 18.2 Å². The van der Waals surface area contributed by atoms with E-state index in [0.717, 1.165) is 18.6 Å². The molecule has 6 heteroatoms. The maximum atomic E-state index is 13.0. The molecule has 0 aromatic heterocycles. The lowest BCUT2D eigenvalue weighted by Gasteiger charge is -2.52. The summed E-state index contributed by atoms with van der Waals surface area (Å²) in [5, 5.41) is 0. The van der Waals surface area contributed by atoms with E-state index < -0.39 is 17.0 Å². The van der Waals surface area contributed by atoms with Gasteiger partial charge < -0.3 is 18.9 Å². The van der Waals surface area contributed by atoms with Crippen LogP contribution in [0.5, 0.6) is 5.75 Å². The molecular weight excluding hydrogens is 360 g/mol. The van der Waals surface area contributed by atoms with Crippen molar-refractivity contribution < 1.29 is 28.5 Å². The summed E-state index contributed by atoms with van der Waals surface area (Å²) < 4.78 is 21.9. The lowest BCUT2D eigenvalue weighted by Crippen LogP contribution is -2.61. The Kier molecular flexibility index (Phi) is 4.79. The van der Waals surface area contributed by atoms with Crippen molar-refractivity contribution >= 4 is 11.8 Å². The smallest absolute Gasteiger partial charge is 0.326 e. The molecule has 0 heterocycles. The number of hydrogen-bond acceptors (Lipinski definition) is 6. The Bertz CT molecular complexity index is 830. The van der Waals surface area contributed by atoms with Crippen molar-refractivity contribution in [1.29, 1.82) is 0 Å². The van der Waals surface area contributed by atoms with Gasteiger partial charge in [-0.05, 0) is 42.5 Å². The van der Waals surface area contributed by atoms with Gasteiger partial charge in [0, 0.05) is 25.4 Å². The Balaban J connectivity index is 1.86. The van der Waals surface area contributed by atoms with Gasteiger partial charge in [0.15, 0.2) is 11.2 Å². The first-order valence-corrected chi connectivity index (χ1v) is 9.65. The number of ketones is 1. The largest absolute Gasteiger partial charge is 0.497 e. The van der Waals surface area contributed by atoms with Crippen LogP contribution >= 0.6 is 0 Å². The zero-order chi connectivity index (χ0) is 19.9. The van der Waals surface area contributed by atoms with Crippen molar-refractivity contribution in [2.75, 3.05) is 28.1 Å². The summed E-state index contributed by atoms with van der Waals surface area (Å²) in [4.78, 5) is 25.9. The fourth-order valence-electron chi connectivity index (χ4n) is 5.58. The molecule has 4 rings (SSSR count). The van der Waals surface area contributed by atoms with E-state index in [1.54, 1.807) is 20.3 Å². The second-order valence-corrected chi connectivity index (χ2v) is 7.76. The number of esters is 1. The summed E-state index contributed by atoms with van der Waals surface area (Å²) in [6.45, 7) is 0.0263. The number of Topliss-reactive ketones (excluding diaryl/α,β-unsaturated/α-hetero) is 1. The monoisotopic (exact) mass is 386 g/mol. The molecular formula is C22H26O6. The highest BCUT2D eigenvalue weighted by Crippen LogP contribution is 2.61. The lowest BCUT2D eigenvalue weighted by molar-refractivity contribution is -0.209. The van der Waals surface area contributed by atoms with Crippen LogP contribution in [-0.4, -0.2) is 45.5 Å². The maximum absolute atomic E-state index is 13.0. The molecule has 0 amide bonds. The highest BCUT2D eigenvalue weighted by atomic mass is 16.7. The average molecular weight is 386 g/mol. The molecule has 0 bridgehead atoms. The van der Waals surface area contributed by atoms with Gasteiger partial charge in [-0.15, -0.1) is 0 Å². The Morgan fingerprint density at radius 2 is 2.04 bits per heavy atom. The predicted octanol–water partition coefficient (Wildman–Crippen LogP) is 2.79. The van der Waals surface area contributed by atoms with Crippen molar-refractivity contribution in [3.05, 3.63) is 41.5 Å². The molecule has 0 aliphatic heterocycles. The Hall–Kier alpha value is -2.18. The Morgan fingerprint density at radius 3 is 2.75 bits per heavy atom. The summed E-state index contributed by atoms with van der Waals surface area (Å²) in [7, 11) is 4.54. The van der Waals surface area contributed by atoms with Crippen LogP contribution in [-0.2, 0) is 30.2 Å². The van der Waals surface area contributed by atoms with E-state index in [0.29, 0.717) is 12.8 Å². The summed E-state index contributed by atoms with van der Waals surface area (Å²) in [5.41, 5.74) is 0.0869. The molecule has 6 nitrogen and oxygen atoms in total. The number of carbonyl (C=O) groups excluding carboxylic acids is 2. The third-order valence-electron chi connectivity index (χ3n) is 6.79. The molecule has 1 aromatic carbocycles. The van der Waals surface area contributed by atoms with Crippen molar-refractivity contribution in [3.8, 4) is 5.75 Å². The van der Waals surface area contributed by atoms with Gasteiger partial charge in [-0.3, -0.25) is 9.59 Å². The van der Waals surface area contributed by atoms with E-state index in [2.05, 4.69) is 12.1 Å². The molecule has 1 unspecified atom stereocenters. The van der Waals surface area contributed by atoms with E-state index in [9.17, 15) is 9.59 Å². The van der Waals surface area contributed by atoms with Crippen molar-refractivity contribution in [2.24, 2.45) is 11.3 Å².